The van der Waals surface area contributed by atoms with Gasteiger partial charge in [-0.25, -0.2) is 4.79 Å². The molecule has 3 rings (SSSR count). The van der Waals surface area contributed by atoms with E-state index in [1.165, 1.54) is 7.11 Å². The highest BCUT2D eigenvalue weighted by molar-refractivity contribution is 5.91. The van der Waals surface area contributed by atoms with Crippen LogP contribution in [0.15, 0.2) is 36.7 Å². The number of nitrogens with zero attached hydrogens (tertiary/aromatic N) is 1. The maximum atomic E-state index is 13.2. The number of aliphatic hydroxyl groups excluding tert-OH is 1. The minimum atomic E-state index is -4.63. The molecule has 0 unspecified atom stereocenters. The molecular formula is C22H26F3N3O4. The number of hydrogen-bond donors (Lipinski definition) is 3. The van der Waals surface area contributed by atoms with Crippen molar-refractivity contribution < 1.29 is 32.5 Å². The monoisotopic (exact) mass is 453 g/mol. The number of ether oxygens (including phenoxy) is 2. The Kier molecular flexibility index (Phi) is 7.92. The molecule has 0 bridgehead atoms. The van der Waals surface area contributed by atoms with Crippen molar-refractivity contribution in [2.75, 3.05) is 12.4 Å². The van der Waals surface area contributed by atoms with Gasteiger partial charge in [-0.3, -0.25) is 4.98 Å². The number of carbonyl (C=O) groups excluding carboxylic acids is 1. The van der Waals surface area contributed by atoms with E-state index in [1.54, 1.807) is 12.4 Å². The summed E-state index contributed by atoms with van der Waals surface area (Å²) in [6.07, 6.45) is 1.78. The summed E-state index contributed by atoms with van der Waals surface area (Å²) < 4.78 is 50.5. The second kappa shape index (κ2) is 10.6. The van der Waals surface area contributed by atoms with Crippen LogP contribution in [0.25, 0.3) is 0 Å². The predicted molar refractivity (Wildman–Crippen MR) is 111 cm³/mol. The quantitative estimate of drug-likeness (QED) is 0.583. The molecule has 0 spiro atoms. The van der Waals surface area contributed by atoms with Crippen molar-refractivity contribution in [3.8, 4) is 5.75 Å². The van der Waals surface area contributed by atoms with Crippen molar-refractivity contribution in [2.45, 2.75) is 57.2 Å². The number of anilines is 1. The summed E-state index contributed by atoms with van der Waals surface area (Å²) in [6.45, 7) is -0.165. The molecule has 32 heavy (non-hydrogen) atoms. The van der Waals surface area contributed by atoms with Crippen molar-refractivity contribution in [3.05, 3.63) is 53.3 Å². The number of nitrogens with one attached hydrogen (secondary N) is 2. The molecule has 3 N–H and O–H groups in total. The largest absolute Gasteiger partial charge is 0.494 e. The Hall–Kier alpha value is -2.85. The fourth-order valence-electron chi connectivity index (χ4n) is 3.71. The number of methoxy groups -OCH3 is 1. The molecule has 174 valence electrons. The minimum absolute atomic E-state index is 0.0103. The number of pyridine rings is 1. The number of amides is 2. The van der Waals surface area contributed by atoms with E-state index in [4.69, 9.17) is 9.47 Å². The fraction of sp³-hybridized carbons (Fsp3) is 0.455. The van der Waals surface area contributed by atoms with Crippen molar-refractivity contribution in [2.24, 2.45) is 0 Å². The Morgan fingerprint density at radius 1 is 1.19 bits per heavy atom. The minimum Gasteiger partial charge on any atom is -0.494 e. The molecule has 0 aliphatic heterocycles. The van der Waals surface area contributed by atoms with E-state index < -0.39 is 24.4 Å². The standard InChI is InChI=1S/C22H26F3N3O4/c1-31-20-15(12-29)10-16(22(23,24)25)11-19(20)28-21(30)27-17-2-4-18(5-3-17)32-13-14-6-8-26-9-7-14/h6-11,17-18,29H,2-5,12-13H2,1H3,(H2,27,28,30). The number of alkyl halides is 3. The van der Waals surface area contributed by atoms with Gasteiger partial charge < -0.3 is 25.2 Å². The molecule has 1 aliphatic carbocycles. The van der Waals surface area contributed by atoms with Crippen LogP contribution in [0.5, 0.6) is 5.75 Å². The fourth-order valence-corrected chi connectivity index (χ4v) is 3.71. The highest BCUT2D eigenvalue weighted by Crippen LogP contribution is 2.38. The Morgan fingerprint density at radius 3 is 2.47 bits per heavy atom. The average molecular weight is 453 g/mol. The zero-order valence-corrected chi connectivity index (χ0v) is 17.6. The summed E-state index contributed by atoms with van der Waals surface area (Å²) in [4.78, 5) is 16.4. The topological polar surface area (TPSA) is 92.7 Å². The Bertz CT molecular complexity index is 901. The van der Waals surface area contributed by atoms with E-state index >= 15 is 0 Å². The first-order chi connectivity index (χ1) is 15.3. The zero-order chi connectivity index (χ0) is 23.1. The molecule has 7 nitrogen and oxygen atoms in total. The third kappa shape index (κ3) is 6.33. The van der Waals surface area contributed by atoms with Gasteiger partial charge in [-0.05, 0) is 55.5 Å². The van der Waals surface area contributed by atoms with Crippen molar-refractivity contribution in [1.29, 1.82) is 0 Å². The van der Waals surface area contributed by atoms with E-state index in [2.05, 4.69) is 15.6 Å². The summed E-state index contributed by atoms with van der Waals surface area (Å²) >= 11 is 0. The first-order valence-electron chi connectivity index (χ1n) is 10.3. The van der Waals surface area contributed by atoms with Crippen LogP contribution in [0.4, 0.5) is 23.7 Å². The van der Waals surface area contributed by atoms with Gasteiger partial charge in [-0.2, -0.15) is 13.2 Å². The van der Waals surface area contributed by atoms with Gasteiger partial charge in [0.15, 0.2) is 0 Å². The Morgan fingerprint density at radius 2 is 1.88 bits per heavy atom. The zero-order valence-electron chi connectivity index (χ0n) is 17.6. The van der Waals surface area contributed by atoms with Gasteiger partial charge in [0.05, 0.1) is 37.7 Å². The number of urea groups is 1. The van der Waals surface area contributed by atoms with Gasteiger partial charge in [-0.1, -0.05) is 0 Å². The average Bonchev–Trinajstić information content (AvgIpc) is 2.78. The van der Waals surface area contributed by atoms with Crippen LogP contribution in [0.1, 0.15) is 42.4 Å². The number of hydrogen-bond acceptors (Lipinski definition) is 5. The first-order valence-corrected chi connectivity index (χ1v) is 10.3. The maximum Gasteiger partial charge on any atom is 0.416 e. The molecule has 2 amide bonds. The van der Waals surface area contributed by atoms with Gasteiger partial charge in [-0.15, -0.1) is 0 Å². The lowest BCUT2D eigenvalue weighted by molar-refractivity contribution is -0.137. The van der Waals surface area contributed by atoms with Crippen LogP contribution in [0, 0.1) is 0 Å². The highest BCUT2D eigenvalue weighted by Gasteiger charge is 2.33. The lowest BCUT2D eigenvalue weighted by Crippen LogP contribution is -2.41. The lowest BCUT2D eigenvalue weighted by Gasteiger charge is -2.29. The van der Waals surface area contributed by atoms with Crippen LogP contribution in [0.3, 0.4) is 0 Å². The molecule has 1 aromatic heterocycles. The number of rotatable bonds is 7. The molecule has 0 atom stereocenters. The summed E-state index contributed by atoms with van der Waals surface area (Å²) in [5, 5.41) is 14.6. The molecule has 0 saturated heterocycles. The number of carbonyl (C=O) groups is 1. The molecule has 10 heteroatoms. The number of aliphatic hydroxyl groups is 1. The number of aromatic nitrogens is 1. The van der Waals surface area contributed by atoms with Crippen molar-refractivity contribution in [3.63, 3.8) is 0 Å². The van der Waals surface area contributed by atoms with Gasteiger partial charge in [0.1, 0.15) is 5.75 Å². The van der Waals surface area contributed by atoms with Gasteiger partial charge in [0, 0.05) is 24.0 Å². The summed E-state index contributed by atoms with van der Waals surface area (Å²) in [5.74, 6) is -0.0103. The molecular weight excluding hydrogens is 427 g/mol. The van der Waals surface area contributed by atoms with Crippen molar-refractivity contribution in [1.82, 2.24) is 10.3 Å². The molecule has 0 radical (unpaired) electrons. The number of benzene rings is 1. The Balaban J connectivity index is 1.55. The smallest absolute Gasteiger partial charge is 0.416 e. The van der Waals surface area contributed by atoms with Gasteiger partial charge in [0.2, 0.25) is 0 Å². The van der Waals surface area contributed by atoms with E-state index in [0.29, 0.717) is 19.4 Å². The van der Waals surface area contributed by atoms with Crippen LogP contribution in [-0.2, 0) is 24.1 Å². The van der Waals surface area contributed by atoms with Crippen LogP contribution < -0.4 is 15.4 Å². The molecule has 1 aromatic carbocycles. The highest BCUT2D eigenvalue weighted by atomic mass is 19.4. The molecule has 1 heterocycles. The molecule has 1 aliphatic rings. The summed E-state index contributed by atoms with van der Waals surface area (Å²) in [6, 6.07) is 4.62. The summed E-state index contributed by atoms with van der Waals surface area (Å²) in [5.41, 5.74) is -0.163. The van der Waals surface area contributed by atoms with Crippen LogP contribution >= 0.6 is 0 Å². The third-order valence-electron chi connectivity index (χ3n) is 5.36. The second-order valence-corrected chi connectivity index (χ2v) is 7.61. The van der Waals surface area contributed by atoms with E-state index in [0.717, 1.165) is 30.5 Å². The lowest BCUT2D eigenvalue weighted by atomic mass is 9.93. The van der Waals surface area contributed by atoms with E-state index in [9.17, 15) is 23.1 Å². The molecule has 1 fully saturated rings. The predicted octanol–water partition coefficient (Wildman–Crippen LogP) is 4.25. The Labute approximate surface area is 183 Å². The molecule has 2 aromatic rings. The SMILES string of the molecule is COc1c(CO)cc(C(F)(F)F)cc1NC(=O)NC1CCC(OCc2ccncc2)CC1. The van der Waals surface area contributed by atoms with Crippen LogP contribution in [0.2, 0.25) is 0 Å². The third-order valence-corrected chi connectivity index (χ3v) is 5.36. The van der Waals surface area contributed by atoms with Gasteiger partial charge >= 0.3 is 12.2 Å². The summed E-state index contributed by atoms with van der Waals surface area (Å²) in [7, 11) is 1.26. The van der Waals surface area contributed by atoms with E-state index in [-0.39, 0.29) is 29.1 Å². The maximum absolute atomic E-state index is 13.2. The normalized spacial score (nSPS) is 18.8. The van der Waals surface area contributed by atoms with E-state index in [1.807, 2.05) is 12.1 Å². The second-order valence-electron chi connectivity index (χ2n) is 7.61. The van der Waals surface area contributed by atoms with Gasteiger partial charge in [0.25, 0.3) is 0 Å². The first kappa shape index (κ1) is 23.8. The van der Waals surface area contributed by atoms with Crippen molar-refractivity contribution >= 4 is 11.7 Å². The number of halogens is 3. The van der Waals surface area contributed by atoms with Crippen LogP contribution in [-0.4, -0.2) is 35.4 Å². The molecule has 1 saturated carbocycles.